The number of hydrogen-bond donors (Lipinski definition) is 2. The Morgan fingerprint density at radius 2 is 2.06 bits per heavy atom. The molecule has 1 aromatic rings. The summed E-state index contributed by atoms with van der Waals surface area (Å²) >= 11 is 5.80. The van der Waals surface area contributed by atoms with E-state index in [2.05, 4.69) is 0 Å². The first-order chi connectivity index (χ1) is 7.42. The van der Waals surface area contributed by atoms with Crippen LogP contribution >= 0.6 is 11.6 Å². The molecule has 3 nitrogen and oxygen atoms in total. The lowest BCUT2D eigenvalue weighted by atomic mass is 10.1. The van der Waals surface area contributed by atoms with Crippen molar-refractivity contribution in [2.24, 2.45) is 0 Å². The predicted molar refractivity (Wildman–Crippen MR) is 63.8 cm³/mol. The highest BCUT2D eigenvalue weighted by atomic mass is 35.5. The molecule has 90 valence electrons. The van der Waals surface area contributed by atoms with Crippen molar-refractivity contribution < 1.29 is 14.9 Å². The van der Waals surface area contributed by atoms with Gasteiger partial charge in [-0.15, -0.1) is 0 Å². The molecule has 0 unspecified atom stereocenters. The van der Waals surface area contributed by atoms with Crippen LogP contribution in [0.3, 0.4) is 0 Å². The van der Waals surface area contributed by atoms with E-state index >= 15 is 0 Å². The van der Waals surface area contributed by atoms with Crippen LogP contribution in [0.15, 0.2) is 18.2 Å². The maximum absolute atomic E-state index is 9.52. The molecule has 0 amide bonds. The maximum atomic E-state index is 9.52. The fourth-order valence-electron chi connectivity index (χ4n) is 1.22. The van der Waals surface area contributed by atoms with Crippen LogP contribution in [0, 0.1) is 0 Å². The van der Waals surface area contributed by atoms with E-state index < -0.39 is 5.60 Å². The summed E-state index contributed by atoms with van der Waals surface area (Å²) in [5, 5.41) is 19.2. The molecular weight excluding hydrogens is 228 g/mol. The van der Waals surface area contributed by atoms with Gasteiger partial charge in [0, 0.05) is 17.0 Å². The molecule has 16 heavy (non-hydrogen) atoms. The Morgan fingerprint density at radius 3 is 2.62 bits per heavy atom. The summed E-state index contributed by atoms with van der Waals surface area (Å²) in [4.78, 5) is 0. The number of aliphatic hydroxyl groups is 2. The number of hydrogen-bond acceptors (Lipinski definition) is 3. The van der Waals surface area contributed by atoms with E-state index in [-0.39, 0.29) is 6.61 Å². The summed E-state index contributed by atoms with van der Waals surface area (Å²) in [6, 6.07) is 5.10. The second-order valence-electron chi connectivity index (χ2n) is 4.32. The first-order valence-electron chi connectivity index (χ1n) is 5.17. The molecule has 4 heteroatoms. The maximum Gasteiger partial charge on any atom is 0.124 e. The lowest BCUT2D eigenvalue weighted by molar-refractivity contribution is 0.0550. The summed E-state index contributed by atoms with van der Waals surface area (Å²) in [5.74, 6) is 0.608. The van der Waals surface area contributed by atoms with Gasteiger partial charge in [-0.1, -0.05) is 11.6 Å². The molecule has 0 aliphatic carbocycles. The van der Waals surface area contributed by atoms with Crippen LogP contribution in [-0.4, -0.2) is 22.4 Å². The van der Waals surface area contributed by atoms with Crippen molar-refractivity contribution >= 4 is 11.6 Å². The van der Waals surface area contributed by atoms with Crippen LogP contribution in [0.2, 0.25) is 5.02 Å². The summed E-state index contributed by atoms with van der Waals surface area (Å²) in [7, 11) is 0. The zero-order valence-corrected chi connectivity index (χ0v) is 10.3. The van der Waals surface area contributed by atoms with Gasteiger partial charge in [0.1, 0.15) is 5.75 Å². The van der Waals surface area contributed by atoms with Crippen LogP contribution < -0.4 is 4.74 Å². The molecule has 1 aromatic carbocycles. The van der Waals surface area contributed by atoms with Gasteiger partial charge in [-0.25, -0.2) is 0 Å². The molecule has 0 heterocycles. The van der Waals surface area contributed by atoms with Crippen LogP contribution in [0.25, 0.3) is 0 Å². The van der Waals surface area contributed by atoms with Crippen molar-refractivity contribution in [2.45, 2.75) is 32.5 Å². The van der Waals surface area contributed by atoms with Gasteiger partial charge in [0.2, 0.25) is 0 Å². The van der Waals surface area contributed by atoms with Crippen molar-refractivity contribution in [3.8, 4) is 5.75 Å². The van der Waals surface area contributed by atoms with Gasteiger partial charge in [0.05, 0.1) is 18.8 Å². The number of rotatable bonds is 5. The van der Waals surface area contributed by atoms with Gasteiger partial charge in [-0.3, -0.25) is 0 Å². The van der Waals surface area contributed by atoms with Gasteiger partial charge in [-0.2, -0.15) is 0 Å². The number of ether oxygens (including phenoxy) is 1. The highest BCUT2D eigenvalue weighted by molar-refractivity contribution is 6.30. The molecule has 0 fully saturated rings. The Bertz CT molecular complexity index is 345. The van der Waals surface area contributed by atoms with Gasteiger partial charge in [0.25, 0.3) is 0 Å². The minimum absolute atomic E-state index is 0.113. The van der Waals surface area contributed by atoms with E-state index in [1.165, 1.54) is 0 Å². The van der Waals surface area contributed by atoms with Crippen LogP contribution in [-0.2, 0) is 6.61 Å². The third-order valence-corrected chi connectivity index (χ3v) is 2.40. The zero-order chi connectivity index (χ0) is 12.2. The average molecular weight is 245 g/mol. The van der Waals surface area contributed by atoms with E-state index in [0.717, 1.165) is 0 Å². The average Bonchev–Trinajstić information content (AvgIpc) is 2.18. The minimum atomic E-state index is -0.744. The zero-order valence-electron chi connectivity index (χ0n) is 9.53. The van der Waals surface area contributed by atoms with E-state index in [4.69, 9.17) is 21.4 Å². The molecule has 0 saturated heterocycles. The molecule has 0 atom stereocenters. The van der Waals surface area contributed by atoms with Crippen molar-refractivity contribution in [3.63, 3.8) is 0 Å². The molecule has 2 N–H and O–H groups in total. The molecule has 0 radical (unpaired) electrons. The number of halogens is 1. The lowest BCUT2D eigenvalue weighted by Gasteiger charge is -2.18. The van der Waals surface area contributed by atoms with E-state index in [9.17, 15) is 5.11 Å². The monoisotopic (exact) mass is 244 g/mol. The highest BCUT2D eigenvalue weighted by Crippen LogP contribution is 2.23. The van der Waals surface area contributed by atoms with E-state index in [1.54, 1.807) is 32.0 Å². The van der Waals surface area contributed by atoms with Gasteiger partial charge >= 0.3 is 0 Å². The molecular formula is C12H17ClO3. The molecule has 0 aliphatic heterocycles. The van der Waals surface area contributed by atoms with Crippen molar-refractivity contribution in [2.75, 3.05) is 6.61 Å². The van der Waals surface area contributed by atoms with Crippen LogP contribution in [0.5, 0.6) is 5.75 Å². The SMILES string of the molecule is CC(C)(O)CCOc1ccc(Cl)cc1CO. The van der Waals surface area contributed by atoms with Crippen molar-refractivity contribution in [1.82, 2.24) is 0 Å². The van der Waals surface area contributed by atoms with E-state index in [1.807, 2.05) is 0 Å². The Hall–Kier alpha value is -0.770. The Labute approximate surface area is 101 Å². The fourth-order valence-corrected chi connectivity index (χ4v) is 1.42. The molecule has 0 aliphatic rings. The molecule has 1 rings (SSSR count). The number of benzene rings is 1. The van der Waals surface area contributed by atoms with Crippen LogP contribution in [0.4, 0.5) is 0 Å². The third-order valence-electron chi connectivity index (χ3n) is 2.16. The number of aliphatic hydroxyl groups excluding tert-OH is 1. The smallest absolute Gasteiger partial charge is 0.124 e. The summed E-state index contributed by atoms with van der Waals surface area (Å²) in [6.45, 7) is 3.74. The van der Waals surface area contributed by atoms with Gasteiger partial charge in [0.15, 0.2) is 0 Å². The summed E-state index contributed by atoms with van der Waals surface area (Å²) < 4.78 is 5.48. The minimum Gasteiger partial charge on any atom is -0.493 e. The van der Waals surface area contributed by atoms with Crippen molar-refractivity contribution in [3.05, 3.63) is 28.8 Å². The Kier molecular flexibility index (Phi) is 4.59. The topological polar surface area (TPSA) is 49.7 Å². The normalized spacial score (nSPS) is 11.6. The standard InChI is InChI=1S/C12H17ClO3/c1-12(2,15)5-6-16-11-4-3-10(13)7-9(11)8-14/h3-4,7,14-15H,5-6,8H2,1-2H3. The Balaban J connectivity index is 2.60. The first-order valence-corrected chi connectivity index (χ1v) is 5.54. The van der Waals surface area contributed by atoms with Gasteiger partial charge < -0.3 is 14.9 Å². The molecule has 0 saturated carbocycles. The quantitative estimate of drug-likeness (QED) is 0.836. The fraction of sp³-hybridized carbons (Fsp3) is 0.500. The first kappa shape index (κ1) is 13.3. The largest absolute Gasteiger partial charge is 0.493 e. The van der Waals surface area contributed by atoms with Gasteiger partial charge in [-0.05, 0) is 32.0 Å². The highest BCUT2D eigenvalue weighted by Gasteiger charge is 2.12. The second kappa shape index (κ2) is 5.53. The predicted octanol–water partition coefficient (Wildman–Crippen LogP) is 2.37. The van der Waals surface area contributed by atoms with Crippen LogP contribution in [0.1, 0.15) is 25.8 Å². The Morgan fingerprint density at radius 1 is 1.38 bits per heavy atom. The second-order valence-corrected chi connectivity index (χ2v) is 4.76. The van der Waals surface area contributed by atoms with Crippen molar-refractivity contribution in [1.29, 1.82) is 0 Å². The molecule has 0 bridgehead atoms. The summed E-state index contributed by atoms with van der Waals surface area (Å²) in [6.07, 6.45) is 0.528. The van der Waals surface area contributed by atoms with E-state index in [0.29, 0.717) is 29.4 Å². The molecule has 0 spiro atoms. The molecule has 0 aromatic heterocycles. The lowest BCUT2D eigenvalue weighted by Crippen LogP contribution is -2.22. The third kappa shape index (κ3) is 4.39. The summed E-state index contributed by atoms with van der Waals surface area (Å²) in [5.41, 5.74) is -0.0885.